The molecule has 5 nitrogen and oxygen atoms in total. The molecule has 0 aliphatic rings. The molecule has 0 saturated heterocycles. The Bertz CT molecular complexity index is 986. The minimum atomic E-state index is -0.141. The molecular formula is C21H23N3O2S. The van der Waals surface area contributed by atoms with Crippen molar-refractivity contribution in [3.63, 3.8) is 0 Å². The monoisotopic (exact) mass is 381 g/mol. The van der Waals surface area contributed by atoms with Crippen LogP contribution in [0, 0.1) is 0 Å². The first kappa shape index (κ1) is 19.1. The minimum absolute atomic E-state index is 0.0535. The van der Waals surface area contributed by atoms with E-state index >= 15 is 0 Å². The van der Waals surface area contributed by atoms with Gasteiger partial charge in [-0.15, -0.1) is 0 Å². The zero-order valence-corrected chi connectivity index (χ0v) is 16.1. The van der Waals surface area contributed by atoms with Crippen molar-refractivity contribution in [1.29, 1.82) is 0 Å². The Kier molecular flexibility index (Phi) is 6.21. The van der Waals surface area contributed by atoms with E-state index in [1.807, 2.05) is 48.5 Å². The lowest BCUT2D eigenvalue weighted by molar-refractivity contribution is 0.248. The number of aliphatic hydroxyl groups is 1. The van der Waals surface area contributed by atoms with E-state index in [0.29, 0.717) is 23.8 Å². The Balaban J connectivity index is 1.86. The quantitative estimate of drug-likeness (QED) is 0.572. The standard InChI is InChI=1S/C21H23N3O2S/c1-2-15-8-9-19-16(12-15)13-17(20(26)23-19)14-24(10-11-25)21(27)22-18-6-4-3-5-7-18/h3-9,12-13,25H,2,10-11,14H2,1H3,(H,22,27)(H,23,26). The van der Waals surface area contributed by atoms with Gasteiger partial charge in [-0.2, -0.15) is 0 Å². The summed E-state index contributed by atoms with van der Waals surface area (Å²) in [6, 6.07) is 17.5. The van der Waals surface area contributed by atoms with Crippen LogP contribution in [0.2, 0.25) is 0 Å². The van der Waals surface area contributed by atoms with Crippen molar-refractivity contribution in [2.24, 2.45) is 0 Å². The van der Waals surface area contributed by atoms with E-state index in [1.165, 1.54) is 5.56 Å². The molecule has 0 radical (unpaired) electrons. The molecule has 0 aliphatic carbocycles. The van der Waals surface area contributed by atoms with Gasteiger partial charge in [-0.05, 0) is 59.9 Å². The van der Waals surface area contributed by atoms with Crippen LogP contribution in [0.1, 0.15) is 18.1 Å². The minimum Gasteiger partial charge on any atom is -0.395 e. The van der Waals surface area contributed by atoms with Crippen LogP contribution < -0.4 is 10.9 Å². The van der Waals surface area contributed by atoms with E-state index < -0.39 is 0 Å². The molecule has 2 aromatic carbocycles. The highest BCUT2D eigenvalue weighted by atomic mass is 32.1. The molecule has 3 aromatic rings. The largest absolute Gasteiger partial charge is 0.395 e. The number of benzene rings is 2. The number of H-pyrrole nitrogens is 1. The summed E-state index contributed by atoms with van der Waals surface area (Å²) in [5.74, 6) is 0. The highest BCUT2D eigenvalue weighted by molar-refractivity contribution is 7.80. The normalized spacial score (nSPS) is 10.7. The SMILES string of the molecule is CCc1ccc2[nH]c(=O)c(CN(CCO)C(=S)Nc3ccccc3)cc2c1. The maximum Gasteiger partial charge on any atom is 0.253 e. The van der Waals surface area contributed by atoms with E-state index in [-0.39, 0.29) is 12.2 Å². The van der Waals surface area contributed by atoms with E-state index in [2.05, 4.69) is 23.3 Å². The van der Waals surface area contributed by atoms with Crippen molar-refractivity contribution in [2.75, 3.05) is 18.5 Å². The first-order valence-electron chi connectivity index (χ1n) is 8.97. The molecule has 140 valence electrons. The fourth-order valence-electron chi connectivity index (χ4n) is 2.94. The zero-order valence-electron chi connectivity index (χ0n) is 15.2. The molecule has 0 aliphatic heterocycles. The van der Waals surface area contributed by atoms with Crippen molar-refractivity contribution in [1.82, 2.24) is 9.88 Å². The van der Waals surface area contributed by atoms with Gasteiger partial charge in [-0.1, -0.05) is 31.2 Å². The molecule has 1 heterocycles. The molecule has 27 heavy (non-hydrogen) atoms. The lowest BCUT2D eigenvalue weighted by atomic mass is 10.1. The van der Waals surface area contributed by atoms with Crippen LogP contribution in [0.3, 0.4) is 0 Å². The fraction of sp³-hybridized carbons (Fsp3) is 0.238. The first-order chi connectivity index (χ1) is 13.1. The second kappa shape index (κ2) is 8.79. The molecule has 0 bridgehead atoms. The average Bonchev–Trinajstić information content (AvgIpc) is 2.68. The number of hydrogen-bond donors (Lipinski definition) is 3. The number of pyridine rings is 1. The number of anilines is 1. The van der Waals surface area contributed by atoms with E-state index in [4.69, 9.17) is 12.2 Å². The predicted molar refractivity (Wildman–Crippen MR) is 114 cm³/mol. The van der Waals surface area contributed by atoms with Crippen LogP contribution in [0.4, 0.5) is 5.69 Å². The molecule has 0 saturated carbocycles. The Labute approximate surface area is 163 Å². The summed E-state index contributed by atoms with van der Waals surface area (Å²) in [5, 5.41) is 14.0. The van der Waals surface area contributed by atoms with Gasteiger partial charge in [0.05, 0.1) is 13.2 Å². The summed E-state index contributed by atoms with van der Waals surface area (Å²) in [6.45, 7) is 2.71. The first-order valence-corrected chi connectivity index (χ1v) is 9.38. The molecule has 1 aromatic heterocycles. The number of thiocarbonyl (C=S) groups is 1. The van der Waals surface area contributed by atoms with E-state index in [9.17, 15) is 9.90 Å². The maximum absolute atomic E-state index is 12.5. The third-order valence-electron chi connectivity index (χ3n) is 4.44. The molecule has 0 atom stereocenters. The average molecular weight is 382 g/mol. The summed E-state index contributed by atoms with van der Waals surface area (Å²) in [7, 11) is 0. The number of aromatic nitrogens is 1. The van der Waals surface area contributed by atoms with Crippen LogP contribution in [-0.2, 0) is 13.0 Å². The Morgan fingerprint density at radius 1 is 1.19 bits per heavy atom. The second-order valence-electron chi connectivity index (χ2n) is 6.34. The van der Waals surface area contributed by atoms with Gasteiger partial charge in [0.2, 0.25) is 0 Å². The van der Waals surface area contributed by atoms with Crippen LogP contribution in [0.15, 0.2) is 59.4 Å². The van der Waals surface area contributed by atoms with Gasteiger partial charge >= 0.3 is 0 Å². The molecular weight excluding hydrogens is 358 g/mol. The highest BCUT2D eigenvalue weighted by Crippen LogP contribution is 2.16. The van der Waals surface area contributed by atoms with Gasteiger partial charge in [-0.3, -0.25) is 4.79 Å². The smallest absolute Gasteiger partial charge is 0.253 e. The number of rotatable bonds is 6. The van der Waals surface area contributed by atoms with Gasteiger partial charge in [0.25, 0.3) is 5.56 Å². The lowest BCUT2D eigenvalue weighted by Crippen LogP contribution is -2.37. The molecule has 0 amide bonds. The lowest BCUT2D eigenvalue weighted by Gasteiger charge is -2.25. The summed E-state index contributed by atoms with van der Waals surface area (Å²) >= 11 is 5.49. The van der Waals surface area contributed by atoms with Gasteiger partial charge in [0.15, 0.2) is 5.11 Å². The number of fused-ring (bicyclic) bond motifs is 1. The molecule has 3 N–H and O–H groups in total. The van der Waals surface area contributed by atoms with Crippen molar-refractivity contribution >= 4 is 33.9 Å². The van der Waals surface area contributed by atoms with Crippen LogP contribution in [0.5, 0.6) is 0 Å². The number of aromatic amines is 1. The maximum atomic E-state index is 12.5. The number of nitrogens with zero attached hydrogens (tertiary/aromatic N) is 1. The predicted octanol–water partition coefficient (Wildman–Crippen LogP) is 3.28. The van der Waals surface area contributed by atoms with E-state index in [1.54, 1.807) is 4.90 Å². The topological polar surface area (TPSA) is 68.4 Å². The molecule has 0 spiro atoms. The van der Waals surface area contributed by atoms with Gasteiger partial charge < -0.3 is 20.3 Å². The number of aryl methyl sites for hydroxylation is 1. The Morgan fingerprint density at radius 3 is 2.67 bits per heavy atom. The van der Waals surface area contributed by atoms with Crippen molar-refractivity contribution in [3.8, 4) is 0 Å². The van der Waals surface area contributed by atoms with Crippen LogP contribution in [0.25, 0.3) is 10.9 Å². The summed E-state index contributed by atoms with van der Waals surface area (Å²) < 4.78 is 0. The van der Waals surface area contributed by atoms with Gasteiger partial charge in [-0.25, -0.2) is 0 Å². The zero-order chi connectivity index (χ0) is 19.2. The molecule has 6 heteroatoms. The third-order valence-corrected chi connectivity index (χ3v) is 4.80. The van der Waals surface area contributed by atoms with Crippen LogP contribution in [-0.4, -0.2) is 33.3 Å². The summed E-state index contributed by atoms with van der Waals surface area (Å²) in [4.78, 5) is 17.2. The fourth-order valence-corrected chi connectivity index (χ4v) is 3.22. The number of para-hydroxylation sites is 1. The summed E-state index contributed by atoms with van der Waals surface area (Å²) in [5.41, 5.74) is 3.37. The highest BCUT2D eigenvalue weighted by Gasteiger charge is 2.13. The van der Waals surface area contributed by atoms with Crippen molar-refractivity contribution < 1.29 is 5.11 Å². The summed E-state index contributed by atoms with van der Waals surface area (Å²) in [6.07, 6.45) is 0.937. The van der Waals surface area contributed by atoms with Gasteiger partial charge in [0, 0.05) is 23.3 Å². The van der Waals surface area contributed by atoms with Crippen molar-refractivity contribution in [2.45, 2.75) is 19.9 Å². The van der Waals surface area contributed by atoms with Crippen molar-refractivity contribution in [3.05, 3.63) is 76.1 Å². The van der Waals surface area contributed by atoms with Gasteiger partial charge in [0.1, 0.15) is 0 Å². The molecule has 0 unspecified atom stereocenters. The number of nitrogens with one attached hydrogen (secondary N) is 2. The second-order valence-corrected chi connectivity index (χ2v) is 6.73. The van der Waals surface area contributed by atoms with Crippen LogP contribution >= 0.6 is 12.2 Å². The third kappa shape index (κ3) is 4.72. The Hall–Kier alpha value is -2.70. The van der Waals surface area contributed by atoms with E-state index in [0.717, 1.165) is 23.0 Å². The number of hydrogen-bond acceptors (Lipinski definition) is 3. The molecule has 3 rings (SSSR count). The molecule has 0 fully saturated rings. The number of aliphatic hydroxyl groups excluding tert-OH is 1. The Morgan fingerprint density at radius 2 is 1.96 bits per heavy atom.